The van der Waals surface area contributed by atoms with Crippen LogP contribution in [0.2, 0.25) is 0 Å². The summed E-state index contributed by atoms with van der Waals surface area (Å²) in [6.45, 7) is -0.474. The number of carboxylic acids is 1. The van der Waals surface area contributed by atoms with Crippen molar-refractivity contribution in [3.63, 3.8) is 0 Å². The van der Waals surface area contributed by atoms with Gasteiger partial charge in [-0.25, -0.2) is 4.79 Å². The molecule has 0 saturated carbocycles. The van der Waals surface area contributed by atoms with Crippen molar-refractivity contribution in [2.45, 2.75) is 13.0 Å². The van der Waals surface area contributed by atoms with Gasteiger partial charge in [0.1, 0.15) is 5.69 Å². The van der Waals surface area contributed by atoms with Gasteiger partial charge in [0.05, 0.1) is 6.67 Å². The SMILES string of the molecule is O=C(O)c1cccc(=O)n1CCCF. The third-order valence-corrected chi connectivity index (χ3v) is 1.78. The second kappa shape index (κ2) is 4.55. The van der Waals surface area contributed by atoms with E-state index < -0.39 is 18.2 Å². The smallest absolute Gasteiger partial charge is 0.352 e. The van der Waals surface area contributed by atoms with Crippen molar-refractivity contribution in [2.75, 3.05) is 6.67 Å². The lowest BCUT2D eigenvalue weighted by molar-refractivity contribution is 0.0683. The largest absolute Gasteiger partial charge is 0.477 e. The molecule has 0 atom stereocenters. The van der Waals surface area contributed by atoms with Crippen LogP contribution in [-0.4, -0.2) is 22.3 Å². The minimum Gasteiger partial charge on any atom is -0.477 e. The van der Waals surface area contributed by atoms with E-state index in [4.69, 9.17) is 5.11 Å². The molecule has 0 bridgehead atoms. The third-order valence-electron chi connectivity index (χ3n) is 1.78. The van der Waals surface area contributed by atoms with Gasteiger partial charge in [0.15, 0.2) is 0 Å². The maximum atomic E-state index is 11.9. The number of alkyl halides is 1. The van der Waals surface area contributed by atoms with E-state index in [0.29, 0.717) is 0 Å². The Bertz CT molecular complexity index is 386. The molecule has 0 aromatic carbocycles. The molecule has 1 N–H and O–H groups in total. The Morgan fingerprint density at radius 3 is 2.79 bits per heavy atom. The van der Waals surface area contributed by atoms with Crippen molar-refractivity contribution < 1.29 is 14.3 Å². The summed E-state index contributed by atoms with van der Waals surface area (Å²) in [5.41, 5.74) is -0.524. The second-order valence-corrected chi connectivity index (χ2v) is 2.75. The average molecular weight is 199 g/mol. The summed E-state index contributed by atoms with van der Waals surface area (Å²) in [4.78, 5) is 21.9. The number of aromatic nitrogens is 1. The van der Waals surface area contributed by atoms with Crippen LogP contribution in [0.4, 0.5) is 4.39 Å². The van der Waals surface area contributed by atoms with E-state index in [1.54, 1.807) is 0 Å². The van der Waals surface area contributed by atoms with Gasteiger partial charge in [0, 0.05) is 12.6 Å². The first-order chi connectivity index (χ1) is 6.66. The van der Waals surface area contributed by atoms with Gasteiger partial charge in [-0.1, -0.05) is 6.07 Å². The zero-order valence-corrected chi connectivity index (χ0v) is 7.44. The number of hydrogen-bond acceptors (Lipinski definition) is 2. The lowest BCUT2D eigenvalue weighted by Gasteiger charge is -2.07. The highest BCUT2D eigenvalue weighted by Gasteiger charge is 2.09. The van der Waals surface area contributed by atoms with Gasteiger partial charge in [0.2, 0.25) is 0 Å². The van der Waals surface area contributed by atoms with Gasteiger partial charge in [0.25, 0.3) is 5.56 Å². The van der Waals surface area contributed by atoms with E-state index >= 15 is 0 Å². The Hall–Kier alpha value is -1.65. The van der Waals surface area contributed by atoms with Crippen LogP contribution in [0, 0.1) is 0 Å². The predicted octanol–water partition coefficient (Wildman–Crippen LogP) is 0.906. The average Bonchev–Trinajstić information content (AvgIpc) is 2.15. The Morgan fingerprint density at radius 1 is 1.50 bits per heavy atom. The van der Waals surface area contributed by atoms with E-state index in [0.717, 1.165) is 4.57 Å². The molecule has 76 valence electrons. The van der Waals surface area contributed by atoms with Crippen LogP contribution in [0.5, 0.6) is 0 Å². The lowest BCUT2D eigenvalue weighted by Crippen LogP contribution is -2.25. The summed E-state index contributed by atoms with van der Waals surface area (Å²) in [5, 5.41) is 8.74. The van der Waals surface area contributed by atoms with Crippen LogP contribution >= 0.6 is 0 Å². The monoisotopic (exact) mass is 199 g/mol. The van der Waals surface area contributed by atoms with Crippen molar-refractivity contribution >= 4 is 5.97 Å². The van der Waals surface area contributed by atoms with Crippen molar-refractivity contribution in [3.05, 3.63) is 34.2 Å². The molecule has 0 fully saturated rings. The Balaban J connectivity index is 3.09. The maximum Gasteiger partial charge on any atom is 0.352 e. The lowest BCUT2D eigenvalue weighted by atomic mass is 10.3. The molecule has 0 aliphatic carbocycles. The standard InChI is InChI=1S/C9H10FNO3/c10-5-2-6-11-7(9(13)14)3-1-4-8(11)12/h1,3-4H,2,5-6H2,(H,13,14). The first kappa shape index (κ1) is 10.4. The Kier molecular flexibility index (Phi) is 3.39. The van der Waals surface area contributed by atoms with Crippen molar-refractivity contribution in [2.24, 2.45) is 0 Å². The molecule has 1 rings (SSSR count). The molecule has 1 aromatic rings. The number of aromatic carboxylic acids is 1. The number of hydrogen-bond donors (Lipinski definition) is 1. The molecule has 0 spiro atoms. The highest BCUT2D eigenvalue weighted by atomic mass is 19.1. The third kappa shape index (κ3) is 2.18. The van der Waals surface area contributed by atoms with Gasteiger partial charge in [-0.3, -0.25) is 9.18 Å². The van der Waals surface area contributed by atoms with Gasteiger partial charge in [-0.05, 0) is 12.5 Å². The zero-order valence-electron chi connectivity index (χ0n) is 7.44. The van der Waals surface area contributed by atoms with Crippen LogP contribution in [0.1, 0.15) is 16.9 Å². The predicted molar refractivity (Wildman–Crippen MR) is 48.3 cm³/mol. The van der Waals surface area contributed by atoms with Gasteiger partial charge in [-0.2, -0.15) is 0 Å². The van der Waals surface area contributed by atoms with Crippen LogP contribution in [-0.2, 0) is 6.54 Å². The Morgan fingerprint density at radius 2 is 2.21 bits per heavy atom. The molecule has 14 heavy (non-hydrogen) atoms. The molecule has 0 aliphatic rings. The fourth-order valence-corrected chi connectivity index (χ4v) is 1.16. The molecule has 4 nitrogen and oxygen atoms in total. The summed E-state index contributed by atoms with van der Waals surface area (Å²) < 4.78 is 12.9. The maximum absolute atomic E-state index is 11.9. The van der Waals surface area contributed by atoms with Gasteiger partial charge >= 0.3 is 5.97 Å². The number of halogens is 1. The first-order valence-corrected chi connectivity index (χ1v) is 4.16. The van der Waals surface area contributed by atoms with Gasteiger partial charge in [-0.15, -0.1) is 0 Å². The molecular weight excluding hydrogens is 189 g/mol. The number of rotatable bonds is 4. The molecule has 0 saturated heterocycles. The molecule has 0 radical (unpaired) electrons. The summed E-state index contributed by atoms with van der Waals surface area (Å²) in [5.74, 6) is -1.18. The molecular formula is C9H10FNO3. The minimum absolute atomic E-state index is 0.0950. The highest BCUT2D eigenvalue weighted by molar-refractivity contribution is 5.85. The first-order valence-electron chi connectivity index (χ1n) is 4.16. The van der Waals surface area contributed by atoms with E-state index in [-0.39, 0.29) is 18.7 Å². The van der Waals surface area contributed by atoms with Crippen LogP contribution in [0.3, 0.4) is 0 Å². The molecule has 1 aromatic heterocycles. The van der Waals surface area contributed by atoms with E-state index in [1.165, 1.54) is 18.2 Å². The fourth-order valence-electron chi connectivity index (χ4n) is 1.16. The van der Waals surface area contributed by atoms with E-state index in [1.807, 2.05) is 0 Å². The van der Waals surface area contributed by atoms with Crippen molar-refractivity contribution in [1.29, 1.82) is 0 Å². The highest BCUT2D eigenvalue weighted by Crippen LogP contribution is 1.98. The molecule has 1 heterocycles. The summed E-state index contributed by atoms with van der Waals surface area (Å²) in [6, 6.07) is 3.95. The van der Waals surface area contributed by atoms with E-state index in [9.17, 15) is 14.0 Å². The summed E-state index contributed by atoms with van der Waals surface area (Å²) >= 11 is 0. The van der Waals surface area contributed by atoms with Crippen molar-refractivity contribution in [1.82, 2.24) is 4.57 Å². The number of carbonyl (C=O) groups is 1. The number of carboxylic acid groups (broad SMARTS) is 1. The van der Waals surface area contributed by atoms with Crippen LogP contribution < -0.4 is 5.56 Å². The number of pyridine rings is 1. The van der Waals surface area contributed by atoms with Crippen LogP contribution in [0.15, 0.2) is 23.0 Å². The number of nitrogens with zero attached hydrogens (tertiary/aromatic N) is 1. The molecule has 0 aliphatic heterocycles. The van der Waals surface area contributed by atoms with Crippen LogP contribution in [0.25, 0.3) is 0 Å². The fraction of sp³-hybridized carbons (Fsp3) is 0.333. The summed E-state index contributed by atoms with van der Waals surface area (Å²) in [7, 11) is 0. The van der Waals surface area contributed by atoms with E-state index in [2.05, 4.69) is 0 Å². The Labute approximate surface area is 79.6 Å². The van der Waals surface area contributed by atoms with Gasteiger partial charge < -0.3 is 9.67 Å². The topological polar surface area (TPSA) is 59.3 Å². The molecule has 0 amide bonds. The van der Waals surface area contributed by atoms with Crippen molar-refractivity contribution in [3.8, 4) is 0 Å². The minimum atomic E-state index is -1.18. The summed E-state index contributed by atoms with van der Waals surface area (Å²) in [6.07, 6.45) is 0.143. The second-order valence-electron chi connectivity index (χ2n) is 2.75. The quantitative estimate of drug-likeness (QED) is 0.783. The molecule has 0 unspecified atom stereocenters. The zero-order chi connectivity index (χ0) is 10.6. The normalized spacial score (nSPS) is 10.1. The molecule has 5 heteroatoms.